The van der Waals surface area contributed by atoms with Crippen LogP contribution in [0.2, 0.25) is 0 Å². The number of esters is 1. The first-order valence-corrected chi connectivity index (χ1v) is 17.5. The van der Waals surface area contributed by atoms with Crippen LogP contribution >= 0.6 is 0 Å². The number of ether oxygens (including phenoxy) is 3. The Bertz CT molecular complexity index is 1710. The SMILES string of the molecule is CC(=O)O[C@H](CCc1ccccc1)C1OC(=O)N(c2ccc(F)cc2)[C@@H]1c1ccc(OCc2ccc(C[N+]34CCC(CC3)CC4)cc2)cc1.[Cl-]. The van der Waals surface area contributed by atoms with Gasteiger partial charge in [0.1, 0.15) is 36.9 Å². The Kier molecular flexibility index (Phi) is 11.1. The molecule has 0 N–H and O–H groups in total. The molecular formula is C41H44ClFN2O5. The first-order valence-electron chi connectivity index (χ1n) is 17.5. The second-order valence-electron chi connectivity index (χ2n) is 13.9. The number of amides is 1. The molecule has 0 radical (unpaired) electrons. The van der Waals surface area contributed by atoms with E-state index in [2.05, 4.69) is 24.3 Å². The predicted octanol–water partition coefficient (Wildman–Crippen LogP) is 5.17. The van der Waals surface area contributed by atoms with Crippen LogP contribution in [0.1, 0.15) is 60.9 Å². The Hall–Kier alpha value is -4.40. The molecule has 4 fully saturated rings. The molecule has 0 aliphatic carbocycles. The van der Waals surface area contributed by atoms with Gasteiger partial charge in [0, 0.05) is 18.2 Å². The van der Waals surface area contributed by atoms with E-state index in [9.17, 15) is 14.0 Å². The zero-order chi connectivity index (χ0) is 33.8. The lowest BCUT2D eigenvalue weighted by atomic mass is 9.85. The van der Waals surface area contributed by atoms with Crippen molar-refractivity contribution in [3.63, 3.8) is 0 Å². The zero-order valence-corrected chi connectivity index (χ0v) is 29.1. The fourth-order valence-corrected chi connectivity index (χ4v) is 7.87. The molecule has 9 heteroatoms. The van der Waals surface area contributed by atoms with Gasteiger partial charge in [-0.15, -0.1) is 0 Å². The number of nitrogens with zero attached hydrogens (tertiary/aromatic N) is 2. The third kappa shape index (κ3) is 8.14. The lowest BCUT2D eigenvalue weighted by Crippen LogP contribution is -3.00. The summed E-state index contributed by atoms with van der Waals surface area (Å²) in [5.74, 6) is 0.791. The highest BCUT2D eigenvalue weighted by Crippen LogP contribution is 2.41. The minimum absolute atomic E-state index is 0. The molecule has 1 unspecified atom stereocenters. The van der Waals surface area contributed by atoms with E-state index in [4.69, 9.17) is 14.2 Å². The maximum Gasteiger partial charge on any atom is 0.415 e. The number of halogens is 2. The van der Waals surface area contributed by atoms with Crippen LogP contribution in [0.3, 0.4) is 0 Å². The Balaban J connectivity index is 0.00000432. The molecule has 4 heterocycles. The van der Waals surface area contributed by atoms with Crippen LogP contribution in [0.4, 0.5) is 14.9 Å². The molecule has 0 aromatic heterocycles. The molecule has 4 aliphatic rings. The van der Waals surface area contributed by atoms with Crippen molar-refractivity contribution in [2.24, 2.45) is 5.92 Å². The smallest absolute Gasteiger partial charge is 0.415 e. The van der Waals surface area contributed by atoms with E-state index in [1.165, 1.54) is 72.9 Å². The molecule has 50 heavy (non-hydrogen) atoms. The molecule has 4 saturated heterocycles. The van der Waals surface area contributed by atoms with Crippen molar-refractivity contribution in [2.75, 3.05) is 24.5 Å². The number of rotatable bonds is 12. The minimum Gasteiger partial charge on any atom is -1.00 e. The van der Waals surface area contributed by atoms with Gasteiger partial charge in [0.25, 0.3) is 0 Å². The summed E-state index contributed by atoms with van der Waals surface area (Å²) in [6.07, 6.45) is 3.12. The summed E-state index contributed by atoms with van der Waals surface area (Å²) in [6.45, 7) is 6.85. The van der Waals surface area contributed by atoms with Crippen LogP contribution in [0.25, 0.3) is 0 Å². The van der Waals surface area contributed by atoms with Crippen molar-refractivity contribution in [3.8, 4) is 5.75 Å². The summed E-state index contributed by atoms with van der Waals surface area (Å²) < 4.78 is 33.1. The number of anilines is 1. The third-order valence-corrected chi connectivity index (χ3v) is 10.6. The van der Waals surface area contributed by atoms with E-state index in [-0.39, 0.29) is 12.4 Å². The molecule has 7 nitrogen and oxygen atoms in total. The lowest BCUT2D eigenvalue weighted by Gasteiger charge is -2.49. The highest BCUT2D eigenvalue weighted by atomic mass is 35.5. The van der Waals surface area contributed by atoms with Gasteiger partial charge in [-0.2, -0.15) is 0 Å². The number of carbonyl (C=O) groups is 2. The van der Waals surface area contributed by atoms with Crippen LogP contribution in [0, 0.1) is 11.7 Å². The minimum atomic E-state index is -0.794. The van der Waals surface area contributed by atoms with Crippen LogP contribution in [-0.2, 0) is 33.8 Å². The number of fused-ring (bicyclic) bond motifs is 3. The average molecular weight is 699 g/mol. The van der Waals surface area contributed by atoms with Gasteiger partial charge < -0.3 is 31.1 Å². The molecule has 8 rings (SSSR count). The summed E-state index contributed by atoms with van der Waals surface area (Å²) in [6, 6.07) is 31.4. The highest BCUT2D eigenvalue weighted by Gasteiger charge is 2.48. The Morgan fingerprint density at radius 2 is 1.50 bits per heavy atom. The summed E-state index contributed by atoms with van der Waals surface area (Å²) >= 11 is 0. The topological polar surface area (TPSA) is 65.1 Å². The number of piperidine rings is 3. The fraction of sp³-hybridized carbons (Fsp3) is 0.366. The van der Waals surface area contributed by atoms with Crippen molar-refractivity contribution < 1.29 is 45.1 Å². The molecule has 0 spiro atoms. The van der Waals surface area contributed by atoms with E-state index in [0.29, 0.717) is 30.9 Å². The normalized spacial score (nSPS) is 23.1. The van der Waals surface area contributed by atoms with Gasteiger partial charge in [0.15, 0.2) is 6.10 Å². The van der Waals surface area contributed by atoms with Crippen LogP contribution in [0.5, 0.6) is 5.75 Å². The van der Waals surface area contributed by atoms with Crippen LogP contribution < -0.4 is 22.0 Å². The van der Waals surface area contributed by atoms with Crippen LogP contribution in [-0.4, -0.2) is 48.4 Å². The Morgan fingerprint density at radius 3 is 2.14 bits per heavy atom. The predicted molar refractivity (Wildman–Crippen MR) is 185 cm³/mol. The van der Waals surface area contributed by atoms with E-state index in [1.54, 1.807) is 12.1 Å². The summed E-state index contributed by atoms with van der Waals surface area (Å²) in [4.78, 5) is 27.2. The lowest BCUT2D eigenvalue weighted by molar-refractivity contribution is -0.955. The number of carbonyl (C=O) groups excluding carboxylic acids is 2. The van der Waals surface area contributed by atoms with Crippen molar-refractivity contribution in [3.05, 3.63) is 131 Å². The molecule has 4 aromatic carbocycles. The molecule has 4 aliphatic heterocycles. The van der Waals surface area contributed by atoms with E-state index >= 15 is 0 Å². The molecule has 0 saturated carbocycles. The fourth-order valence-electron chi connectivity index (χ4n) is 7.87. The Morgan fingerprint density at radius 1 is 0.860 bits per heavy atom. The number of hydrogen-bond acceptors (Lipinski definition) is 5. The molecule has 3 atom stereocenters. The van der Waals surface area contributed by atoms with Gasteiger partial charge in [-0.05, 0) is 91.1 Å². The number of cyclic esters (lactones) is 1. The zero-order valence-electron chi connectivity index (χ0n) is 28.4. The van der Waals surface area contributed by atoms with Gasteiger partial charge >= 0.3 is 12.1 Å². The van der Waals surface area contributed by atoms with Crippen molar-refractivity contribution in [1.29, 1.82) is 0 Å². The summed E-state index contributed by atoms with van der Waals surface area (Å²) in [7, 11) is 0. The maximum atomic E-state index is 13.9. The molecule has 1 amide bonds. The standard InChI is InChI=1S/C41H44FN2O5.ClH/c1-29(45)48-38(20-11-30-5-3-2-4-6-30)40-39(43(41(46)49-40)36-16-14-35(42)15-17-36)34-12-18-37(19-13-34)47-28-33-9-7-32(8-10-33)27-44-24-21-31(22-25-44)23-26-44;/h2-10,12-19,31,38-40H,11,20-28H2,1H3;1H/q+1;/p-1/t31?,38-,39-,40?,44?;/m1./s1. The summed E-state index contributed by atoms with van der Waals surface area (Å²) in [5, 5.41) is 0. The number of benzene rings is 4. The second kappa shape index (κ2) is 15.7. The number of aryl methyl sites for hydroxylation is 1. The third-order valence-electron chi connectivity index (χ3n) is 10.6. The molecule has 262 valence electrons. The number of hydrogen-bond donors (Lipinski definition) is 0. The van der Waals surface area contributed by atoms with Crippen molar-refractivity contribution in [1.82, 2.24) is 0 Å². The van der Waals surface area contributed by atoms with E-state index < -0.39 is 36.1 Å². The van der Waals surface area contributed by atoms with Crippen molar-refractivity contribution >= 4 is 17.7 Å². The van der Waals surface area contributed by atoms with E-state index in [0.717, 1.165) is 29.2 Å². The average Bonchev–Trinajstić information content (AvgIpc) is 3.48. The molecular weight excluding hydrogens is 655 g/mol. The molecule has 4 aromatic rings. The largest absolute Gasteiger partial charge is 1.00 e. The number of quaternary nitrogens is 1. The molecule has 2 bridgehead atoms. The quantitative estimate of drug-likeness (QED) is 0.151. The Labute approximate surface area is 300 Å². The van der Waals surface area contributed by atoms with Gasteiger partial charge in [-0.3, -0.25) is 9.69 Å². The van der Waals surface area contributed by atoms with E-state index in [1.807, 2.05) is 54.6 Å². The monoisotopic (exact) mass is 698 g/mol. The van der Waals surface area contributed by atoms with Crippen molar-refractivity contribution in [2.45, 2.75) is 70.4 Å². The van der Waals surface area contributed by atoms with Crippen LogP contribution in [0.15, 0.2) is 103 Å². The van der Waals surface area contributed by atoms with Gasteiger partial charge in [0.05, 0.1) is 19.6 Å². The van der Waals surface area contributed by atoms with Gasteiger partial charge in [-0.1, -0.05) is 66.7 Å². The maximum absolute atomic E-state index is 13.9. The van der Waals surface area contributed by atoms with Gasteiger partial charge in [0.2, 0.25) is 0 Å². The first-order chi connectivity index (χ1) is 23.8. The van der Waals surface area contributed by atoms with Gasteiger partial charge in [-0.25, -0.2) is 9.18 Å². The first kappa shape index (κ1) is 35.4. The second-order valence-corrected chi connectivity index (χ2v) is 13.9. The highest BCUT2D eigenvalue weighted by molar-refractivity contribution is 5.91. The summed E-state index contributed by atoms with van der Waals surface area (Å²) in [5.41, 5.74) is 4.84.